The van der Waals surface area contributed by atoms with Crippen molar-refractivity contribution < 1.29 is 39.8 Å². The molecule has 0 aromatic rings. The van der Waals surface area contributed by atoms with Crippen LogP contribution in [0.2, 0.25) is 0 Å². The number of hydrogen-bond donors (Lipinski definition) is 5. The molecule has 0 amide bonds. The molecule has 8 atom stereocenters. The van der Waals surface area contributed by atoms with Crippen molar-refractivity contribution >= 4 is 5.97 Å². The SMILES string of the molecule is CCCCCCCCCCCC[C@@H](O)[C@H]1CC[C@H]([C@H](O)CCC(O)CCCC(O)CCCC(O)CC2=CC(C)OC2=O)O1. The number of rotatable bonds is 26. The van der Waals surface area contributed by atoms with Gasteiger partial charge in [0.15, 0.2) is 0 Å². The number of hydrogen-bond acceptors (Lipinski definition) is 8. The number of aliphatic hydroxyl groups is 5. The highest BCUT2D eigenvalue weighted by molar-refractivity contribution is 5.90. The summed E-state index contributed by atoms with van der Waals surface area (Å²) in [6.45, 7) is 4.04. The van der Waals surface area contributed by atoms with Crippen LogP contribution in [0.1, 0.15) is 155 Å². The molecule has 1 fully saturated rings. The molecule has 8 nitrogen and oxygen atoms in total. The first-order valence-electron chi connectivity index (χ1n) is 17.7. The summed E-state index contributed by atoms with van der Waals surface area (Å²) >= 11 is 0. The normalized spacial score (nSPS) is 24.0. The second kappa shape index (κ2) is 22.5. The molecular formula is C35H64O8. The van der Waals surface area contributed by atoms with Crippen LogP contribution in [0.5, 0.6) is 0 Å². The molecule has 0 aliphatic carbocycles. The lowest BCUT2D eigenvalue weighted by Crippen LogP contribution is -2.31. The molecule has 2 rings (SSSR count). The van der Waals surface area contributed by atoms with E-state index in [1.165, 1.54) is 51.4 Å². The van der Waals surface area contributed by atoms with Crippen LogP contribution in [-0.2, 0) is 14.3 Å². The zero-order chi connectivity index (χ0) is 31.5. The van der Waals surface area contributed by atoms with E-state index in [9.17, 15) is 30.3 Å². The van der Waals surface area contributed by atoms with Crippen molar-refractivity contribution in [2.24, 2.45) is 0 Å². The maximum Gasteiger partial charge on any atom is 0.334 e. The van der Waals surface area contributed by atoms with E-state index in [-0.39, 0.29) is 30.7 Å². The number of cyclic esters (lactones) is 1. The Morgan fingerprint density at radius 1 is 0.651 bits per heavy atom. The third-order valence-electron chi connectivity index (χ3n) is 9.19. The molecule has 0 aromatic heterocycles. The first-order valence-corrected chi connectivity index (χ1v) is 17.7. The Hall–Kier alpha value is -1.03. The van der Waals surface area contributed by atoms with Crippen molar-refractivity contribution in [2.45, 2.75) is 204 Å². The summed E-state index contributed by atoms with van der Waals surface area (Å²) in [5.74, 6) is -0.355. The van der Waals surface area contributed by atoms with Crippen LogP contribution in [0.15, 0.2) is 11.6 Å². The Morgan fingerprint density at radius 3 is 1.67 bits per heavy atom. The van der Waals surface area contributed by atoms with Crippen LogP contribution in [-0.4, -0.2) is 80.3 Å². The molecule has 0 spiro atoms. The van der Waals surface area contributed by atoms with Gasteiger partial charge in [-0.3, -0.25) is 0 Å². The first-order chi connectivity index (χ1) is 20.7. The van der Waals surface area contributed by atoms with Crippen molar-refractivity contribution in [3.63, 3.8) is 0 Å². The van der Waals surface area contributed by atoms with Gasteiger partial charge in [-0.1, -0.05) is 71.1 Å². The minimum absolute atomic E-state index is 0.203. The molecule has 1 saturated heterocycles. The van der Waals surface area contributed by atoms with Gasteiger partial charge >= 0.3 is 5.97 Å². The van der Waals surface area contributed by atoms with Gasteiger partial charge in [-0.2, -0.15) is 0 Å². The number of carbonyl (C=O) groups is 1. The van der Waals surface area contributed by atoms with E-state index in [4.69, 9.17) is 9.47 Å². The molecule has 252 valence electrons. The largest absolute Gasteiger partial charge is 0.455 e. The lowest BCUT2D eigenvalue weighted by atomic mass is 9.98. The maximum atomic E-state index is 11.7. The number of aliphatic hydroxyl groups excluding tert-OH is 5. The van der Waals surface area contributed by atoms with Crippen molar-refractivity contribution in [3.8, 4) is 0 Å². The van der Waals surface area contributed by atoms with Gasteiger partial charge in [0.05, 0.1) is 42.7 Å². The second-order valence-electron chi connectivity index (χ2n) is 13.3. The van der Waals surface area contributed by atoms with E-state index in [0.717, 1.165) is 32.1 Å². The van der Waals surface area contributed by atoms with Gasteiger partial charge in [0, 0.05) is 12.0 Å². The number of ether oxygens (including phenoxy) is 2. The van der Waals surface area contributed by atoms with Crippen LogP contribution in [0.4, 0.5) is 0 Å². The summed E-state index contributed by atoms with van der Waals surface area (Å²) in [7, 11) is 0. The zero-order valence-electron chi connectivity index (χ0n) is 27.2. The van der Waals surface area contributed by atoms with Crippen LogP contribution in [0, 0.1) is 0 Å². The molecule has 0 saturated carbocycles. The van der Waals surface area contributed by atoms with Gasteiger partial charge in [0.2, 0.25) is 0 Å². The molecule has 2 aliphatic heterocycles. The molecule has 0 bridgehead atoms. The zero-order valence-corrected chi connectivity index (χ0v) is 27.2. The van der Waals surface area contributed by atoms with Gasteiger partial charge in [-0.05, 0) is 83.6 Å². The van der Waals surface area contributed by atoms with Crippen LogP contribution >= 0.6 is 0 Å². The number of esters is 1. The van der Waals surface area contributed by atoms with Crippen LogP contribution < -0.4 is 0 Å². The predicted molar refractivity (Wildman–Crippen MR) is 170 cm³/mol. The molecule has 4 unspecified atom stereocenters. The Labute approximate surface area is 261 Å². The summed E-state index contributed by atoms with van der Waals surface area (Å²) in [5.41, 5.74) is 0.524. The Balaban J connectivity index is 1.45. The highest BCUT2D eigenvalue weighted by Crippen LogP contribution is 2.28. The van der Waals surface area contributed by atoms with Crippen molar-refractivity contribution in [1.82, 2.24) is 0 Å². The van der Waals surface area contributed by atoms with E-state index in [1.54, 1.807) is 13.0 Å². The van der Waals surface area contributed by atoms with E-state index in [2.05, 4.69) is 6.92 Å². The second-order valence-corrected chi connectivity index (χ2v) is 13.3. The lowest BCUT2D eigenvalue weighted by molar-refractivity contribution is -0.139. The highest BCUT2D eigenvalue weighted by atomic mass is 16.5. The molecule has 0 radical (unpaired) electrons. The van der Waals surface area contributed by atoms with Gasteiger partial charge in [0.25, 0.3) is 0 Å². The smallest absolute Gasteiger partial charge is 0.334 e. The monoisotopic (exact) mass is 612 g/mol. The fraction of sp³-hybridized carbons (Fsp3) is 0.914. The Bertz CT molecular complexity index is 758. The summed E-state index contributed by atoms with van der Waals surface area (Å²) < 4.78 is 11.1. The van der Waals surface area contributed by atoms with Gasteiger partial charge in [-0.25, -0.2) is 4.79 Å². The van der Waals surface area contributed by atoms with Crippen molar-refractivity contribution in [2.75, 3.05) is 0 Å². The van der Waals surface area contributed by atoms with Gasteiger partial charge in [0.1, 0.15) is 6.10 Å². The van der Waals surface area contributed by atoms with E-state index >= 15 is 0 Å². The molecule has 43 heavy (non-hydrogen) atoms. The van der Waals surface area contributed by atoms with E-state index in [0.29, 0.717) is 56.9 Å². The number of carbonyl (C=O) groups excluding carboxylic acids is 1. The van der Waals surface area contributed by atoms with Crippen molar-refractivity contribution in [3.05, 3.63) is 11.6 Å². The Morgan fingerprint density at radius 2 is 1.14 bits per heavy atom. The third kappa shape index (κ3) is 16.7. The quantitative estimate of drug-likeness (QED) is 0.0590. The first kappa shape index (κ1) is 38.2. The lowest BCUT2D eigenvalue weighted by Gasteiger charge is -2.23. The summed E-state index contributed by atoms with van der Waals surface area (Å²) in [6, 6.07) is 0. The maximum absolute atomic E-state index is 11.7. The topological polar surface area (TPSA) is 137 Å². The molecule has 2 heterocycles. The number of unbranched alkanes of at least 4 members (excludes halogenated alkanes) is 9. The molecule has 2 aliphatic rings. The molecular weight excluding hydrogens is 548 g/mol. The minimum Gasteiger partial charge on any atom is -0.455 e. The molecule has 8 heteroatoms. The summed E-state index contributed by atoms with van der Waals surface area (Å²) in [4.78, 5) is 11.7. The Kier molecular flexibility index (Phi) is 19.9. The fourth-order valence-corrected chi connectivity index (χ4v) is 6.44. The standard InChI is InChI=1S/C35H64O8/c1-3-4-5-6-7-8-9-10-11-12-19-31(39)33-22-23-34(43-33)32(40)21-20-29(37)17-13-15-28(36)16-14-18-30(38)25-27-24-26(2)42-35(27)41/h24,26,28-34,36-40H,3-23,25H2,1-2H3/t26?,28?,29?,30?,31-,32-,33-,34-/m1/s1. The van der Waals surface area contributed by atoms with Gasteiger partial charge in [-0.15, -0.1) is 0 Å². The van der Waals surface area contributed by atoms with Crippen molar-refractivity contribution in [1.29, 1.82) is 0 Å². The average Bonchev–Trinajstić information content (AvgIpc) is 3.59. The summed E-state index contributed by atoms with van der Waals surface area (Å²) in [6.07, 6.45) is 18.0. The van der Waals surface area contributed by atoms with Gasteiger partial charge < -0.3 is 35.0 Å². The highest BCUT2D eigenvalue weighted by Gasteiger charge is 2.34. The summed E-state index contributed by atoms with van der Waals surface area (Å²) in [5, 5.41) is 52.1. The van der Waals surface area contributed by atoms with E-state index in [1.807, 2.05) is 0 Å². The van der Waals surface area contributed by atoms with Crippen LogP contribution in [0.25, 0.3) is 0 Å². The predicted octanol–water partition coefficient (Wildman–Crippen LogP) is 6.03. The van der Waals surface area contributed by atoms with Crippen LogP contribution in [0.3, 0.4) is 0 Å². The average molecular weight is 613 g/mol. The van der Waals surface area contributed by atoms with E-state index < -0.39 is 30.5 Å². The fourth-order valence-electron chi connectivity index (χ4n) is 6.44. The molecule has 5 N–H and O–H groups in total. The molecule has 0 aromatic carbocycles. The third-order valence-corrected chi connectivity index (χ3v) is 9.19. The minimum atomic E-state index is -0.647.